The first-order valence-corrected chi connectivity index (χ1v) is 5.28. The van der Waals surface area contributed by atoms with Gasteiger partial charge in [-0.05, 0) is 18.2 Å². The number of rotatable bonds is 2. The zero-order chi connectivity index (χ0) is 12.8. The van der Waals surface area contributed by atoms with E-state index in [4.69, 9.17) is 0 Å². The lowest BCUT2D eigenvalue weighted by Gasteiger charge is -2.00. The van der Waals surface area contributed by atoms with E-state index in [0.29, 0.717) is 23.1 Å². The Morgan fingerprint density at radius 3 is 2.71 bits per heavy atom. The Labute approximate surface area is 98.6 Å². The molecule has 1 heterocycles. The third-order valence-corrected chi connectivity index (χ3v) is 1.89. The molecule has 6 heteroatoms. The number of hydrogen-bond acceptors (Lipinski definition) is 4. The van der Waals surface area contributed by atoms with Crippen LogP contribution in [0.25, 0.3) is 11.0 Å². The lowest BCUT2D eigenvalue weighted by Crippen LogP contribution is -2.05. The highest BCUT2D eigenvalue weighted by Gasteiger charge is 2.04. The van der Waals surface area contributed by atoms with E-state index in [1.807, 2.05) is 13.8 Å². The molecule has 0 bridgehead atoms. The summed E-state index contributed by atoms with van der Waals surface area (Å²) in [6, 6.07) is 5.02. The van der Waals surface area contributed by atoms with Crippen molar-refractivity contribution in [3.05, 3.63) is 18.2 Å². The molecular weight excluding hydrogens is 220 g/mol. The zero-order valence-electron chi connectivity index (χ0n) is 9.97. The lowest BCUT2D eigenvalue weighted by molar-refractivity contribution is -0.114. The van der Waals surface area contributed by atoms with Gasteiger partial charge in [0.05, 0.1) is 5.52 Å². The summed E-state index contributed by atoms with van der Waals surface area (Å²) in [5.74, 6) is -0.155. The van der Waals surface area contributed by atoms with E-state index in [1.165, 1.54) is 6.92 Å². The number of benzene rings is 1. The molecule has 90 valence electrons. The summed E-state index contributed by atoms with van der Waals surface area (Å²) >= 11 is 0. The van der Waals surface area contributed by atoms with Gasteiger partial charge in [-0.25, -0.2) is 0 Å². The van der Waals surface area contributed by atoms with Crippen LogP contribution in [0.5, 0.6) is 0 Å². The number of fused-ring (bicyclic) bond motifs is 1. The molecule has 17 heavy (non-hydrogen) atoms. The summed E-state index contributed by atoms with van der Waals surface area (Å²) in [6.07, 6.45) is 0.577. The third-order valence-electron chi connectivity index (χ3n) is 1.89. The fraction of sp³-hybridized carbons (Fsp3) is 0.273. The third kappa shape index (κ3) is 2.87. The molecule has 1 amide bonds. The normalized spacial score (nSPS) is 9.35. The first-order valence-electron chi connectivity index (χ1n) is 5.28. The molecule has 0 aliphatic heterocycles. The minimum Gasteiger partial charge on any atom is -0.326 e. The molecule has 0 spiro atoms. The molecule has 0 atom stereocenters. The van der Waals surface area contributed by atoms with Crippen molar-refractivity contribution in [3.63, 3.8) is 0 Å². The summed E-state index contributed by atoms with van der Waals surface area (Å²) < 4.78 is 1.13. The quantitative estimate of drug-likeness (QED) is 0.798. The van der Waals surface area contributed by atoms with Gasteiger partial charge in [0.25, 0.3) is 0 Å². The highest BCUT2D eigenvalue weighted by molar-refractivity contribution is 5.92. The van der Waals surface area contributed by atoms with Gasteiger partial charge in [-0.3, -0.25) is 9.59 Å². The van der Waals surface area contributed by atoms with Crippen molar-refractivity contribution in [1.29, 1.82) is 0 Å². The summed E-state index contributed by atoms with van der Waals surface area (Å²) in [5, 5.41) is 10.0. The van der Waals surface area contributed by atoms with E-state index in [-0.39, 0.29) is 5.91 Å². The van der Waals surface area contributed by atoms with Crippen molar-refractivity contribution < 1.29 is 9.59 Å². The SMILES string of the molecule is CC.CC(=O)Nc1ccc2c(c1)nnn2C=O. The lowest BCUT2D eigenvalue weighted by atomic mass is 10.2. The van der Waals surface area contributed by atoms with E-state index in [2.05, 4.69) is 15.6 Å². The minimum atomic E-state index is -0.155. The van der Waals surface area contributed by atoms with Crippen LogP contribution in [0.15, 0.2) is 18.2 Å². The van der Waals surface area contributed by atoms with Gasteiger partial charge >= 0.3 is 0 Å². The van der Waals surface area contributed by atoms with Crippen molar-refractivity contribution in [2.75, 3.05) is 5.32 Å². The number of nitrogens with one attached hydrogen (secondary N) is 1. The summed E-state index contributed by atoms with van der Waals surface area (Å²) in [6.45, 7) is 5.42. The van der Waals surface area contributed by atoms with Crippen LogP contribution < -0.4 is 5.32 Å². The smallest absolute Gasteiger partial charge is 0.236 e. The average Bonchev–Trinajstić information content (AvgIpc) is 2.73. The maximum Gasteiger partial charge on any atom is 0.236 e. The van der Waals surface area contributed by atoms with Crippen LogP contribution in [0.1, 0.15) is 20.8 Å². The van der Waals surface area contributed by atoms with Gasteiger partial charge in [0.1, 0.15) is 5.52 Å². The topological polar surface area (TPSA) is 76.9 Å². The Balaban J connectivity index is 0.000000686. The Bertz CT molecular complexity index is 533. The van der Waals surface area contributed by atoms with Crippen LogP contribution in [-0.2, 0) is 9.59 Å². The number of anilines is 1. The predicted molar refractivity (Wildman–Crippen MR) is 65.3 cm³/mol. The van der Waals surface area contributed by atoms with Crippen LogP contribution in [0.3, 0.4) is 0 Å². The fourth-order valence-corrected chi connectivity index (χ4v) is 1.30. The van der Waals surface area contributed by atoms with Crippen molar-refractivity contribution in [2.45, 2.75) is 20.8 Å². The van der Waals surface area contributed by atoms with Gasteiger partial charge in [-0.1, -0.05) is 19.1 Å². The van der Waals surface area contributed by atoms with Gasteiger partial charge in [0.15, 0.2) is 0 Å². The van der Waals surface area contributed by atoms with Gasteiger partial charge in [-0.2, -0.15) is 4.68 Å². The van der Waals surface area contributed by atoms with Crippen molar-refractivity contribution in [1.82, 2.24) is 15.0 Å². The first kappa shape index (κ1) is 12.8. The first-order chi connectivity index (χ1) is 8.20. The fourth-order valence-electron chi connectivity index (χ4n) is 1.30. The Morgan fingerprint density at radius 1 is 1.41 bits per heavy atom. The molecule has 2 aromatic rings. The summed E-state index contributed by atoms with van der Waals surface area (Å²) in [7, 11) is 0. The van der Waals surface area contributed by atoms with E-state index >= 15 is 0 Å². The average molecular weight is 234 g/mol. The largest absolute Gasteiger partial charge is 0.326 e. The molecule has 0 aliphatic carbocycles. The molecule has 1 aromatic heterocycles. The minimum absolute atomic E-state index is 0.155. The Hall–Kier alpha value is -2.24. The molecule has 0 saturated carbocycles. The van der Waals surface area contributed by atoms with Gasteiger partial charge in [0, 0.05) is 12.6 Å². The second kappa shape index (κ2) is 5.74. The summed E-state index contributed by atoms with van der Waals surface area (Å²) in [5.41, 5.74) is 1.81. The van der Waals surface area contributed by atoms with Crippen molar-refractivity contribution >= 4 is 29.0 Å². The van der Waals surface area contributed by atoms with E-state index in [1.54, 1.807) is 18.2 Å². The Kier molecular flexibility index (Phi) is 4.33. The molecule has 0 aliphatic rings. The molecule has 6 nitrogen and oxygen atoms in total. The van der Waals surface area contributed by atoms with E-state index in [0.717, 1.165) is 4.68 Å². The second-order valence-corrected chi connectivity index (χ2v) is 3.02. The standard InChI is InChI=1S/C9H8N4O2.C2H6/c1-6(15)10-7-2-3-9-8(4-7)11-12-13(9)5-14;1-2/h2-5H,1H3,(H,10,15);1-2H3. The molecule has 1 aromatic carbocycles. The van der Waals surface area contributed by atoms with Gasteiger partial charge in [0.2, 0.25) is 12.3 Å². The van der Waals surface area contributed by atoms with Crippen LogP contribution in [-0.4, -0.2) is 27.3 Å². The highest BCUT2D eigenvalue weighted by atomic mass is 16.1. The number of nitrogens with zero attached hydrogens (tertiary/aromatic N) is 3. The van der Waals surface area contributed by atoms with E-state index < -0.39 is 0 Å². The molecule has 0 fully saturated rings. The summed E-state index contributed by atoms with van der Waals surface area (Å²) in [4.78, 5) is 21.3. The molecule has 1 N–H and O–H groups in total. The van der Waals surface area contributed by atoms with Crippen LogP contribution in [0.4, 0.5) is 5.69 Å². The highest BCUT2D eigenvalue weighted by Crippen LogP contribution is 2.15. The van der Waals surface area contributed by atoms with Crippen molar-refractivity contribution in [2.24, 2.45) is 0 Å². The van der Waals surface area contributed by atoms with Crippen LogP contribution >= 0.6 is 0 Å². The molecule has 2 rings (SSSR count). The number of carbonyl (C=O) groups excluding carboxylic acids is 2. The Morgan fingerprint density at radius 2 is 2.12 bits per heavy atom. The molecular formula is C11H14N4O2. The van der Waals surface area contributed by atoms with E-state index in [9.17, 15) is 9.59 Å². The van der Waals surface area contributed by atoms with Gasteiger partial charge < -0.3 is 5.32 Å². The van der Waals surface area contributed by atoms with Gasteiger partial charge in [-0.15, -0.1) is 5.10 Å². The second-order valence-electron chi connectivity index (χ2n) is 3.02. The zero-order valence-corrected chi connectivity index (χ0v) is 9.97. The van der Waals surface area contributed by atoms with Crippen LogP contribution in [0.2, 0.25) is 0 Å². The monoisotopic (exact) mass is 234 g/mol. The van der Waals surface area contributed by atoms with Crippen molar-refractivity contribution in [3.8, 4) is 0 Å². The number of amides is 1. The maximum atomic E-state index is 10.8. The number of carbonyl (C=O) groups is 2. The maximum absolute atomic E-state index is 10.8. The molecule has 0 saturated heterocycles. The number of aromatic nitrogens is 3. The predicted octanol–water partition coefficient (Wildman–Crippen LogP) is 1.45. The van der Waals surface area contributed by atoms with Crippen LogP contribution in [0, 0.1) is 0 Å². The molecule has 0 unspecified atom stereocenters. The number of hydrogen-bond donors (Lipinski definition) is 1. The molecule has 0 radical (unpaired) electrons.